The number of carbonyl (C=O) groups excluding carboxylic acids is 1. The molecule has 2 aliphatic heterocycles. The highest BCUT2D eigenvalue weighted by Gasteiger charge is 2.27. The molecule has 3 heterocycles. The lowest BCUT2D eigenvalue weighted by atomic mass is 10.1. The Morgan fingerprint density at radius 1 is 1.00 bits per heavy atom. The molecule has 9 heteroatoms. The van der Waals surface area contributed by atoms with Crippen molar-refractivity contribution >= 4 is 39.0 Å². The van der Waals surface area contributed by atoms with Crippen molar-refractivity contribution in [3.05, 3.63) is 56.7 Å². The summed E-state index contributed by atoms with van der Waals surface area (Å²) in [5.41, 5.74) is 0.987. The molecular formula is C20H22BrN5O3. The van der Waals surface area contributed by atoms with Gasteiger partial charge in [0.15, 0.2) is 0 Å². The number of halogens is 1. The van der Waals surface area contributed by atoms with Gasteiger partial charge in [0.1, 0.15) is 11.5 Å². The predicted molar refractivity (Wildman–Crippen MR) is 115 cm³/mol. The molecule has 8 nitrogen and oxygen atoms in total. The van der Waals surface area contributed by atoms with E-state index in [9.17, 15) is 14.9 Å². The van der Waals surface area contributed by atoms with Crippen molar-refractivity contribution in [1.29, 1.82) is 0 Å². The summed E-state index contributed by atoms with van der Waals surface area (Å²) in [7, 11) is 0. The number of nitrogens with zero attached hydrogens (tertiary/aromatic N) is 5. The molecule has 0 unspecified atom stereocenters. The molecule has 0 atom stereocenters. The molecule has 29 heavy (non-hydrogen) atoms. The van der Waals surface area contributed by atoms with Gasteiger partial charge in [-0.25, -0.2) is 4.98 Å². The quantitative estimate of drug-likeness (QED) is 0.515. The number of pyridine rings is 1. The van der Waals surface area contributed by atoms with E-state index in [1.54, 1.807) is 23.2 Å². The van der Waals surface area contributed by atoms with E-state index in [1.165, 1.54) is 6.07 Å². The zero-order chi connectivity index (χ0) is 20.4. The first-order chi connectivity index (χ1) is 14.0. The van der Waals surface area contributed by atoms with Crippen molar-refractivity contribution in [2.24, 2.45) is 0 Å². The van der Waals surface area contributed by atoms with E-state index in [-0.39, 0.29) is 16.5 Å². The minimum atomic E-state index is -0.387. The van der Waals surface area contributed by atoms with Crippen molar-refractivity contribution < 1.29 is 9.72 Å². The van der Waals surface area contributed by atoms with Crippen LogP contribution in [0.5, 0.6) is 0 Å². The molecule has 2 saturated heterocycles. The Balaban J connectivity index is 1.46. The molecule has 1 amide bonds. The number of nitro groups is 1. The number of piperazine rings is 1. The molecule has 2 aromatic rings. The molecule has 0 bridgehead atoms. The summed E-state index contributed by atoms with van der Waals surface area (Å²) >= 11 is 3.38. The van der Waals surface area contributed by atoms with Gasteiger partial charge in [-0.2, -0.15) is 0 Å². The number of nitro benzene ring substituents is 1. The Morgan fingerprint density at radius 2 is 1.72 bits per heavy atom. The van der Waals surface area contributed by atoms with E-state index < -0.39 is 0 Å². The number of hydrogen-bond acceptors (Lipinski definition) is 6. The van der Waals surface area contributed by atoms with Gasteiger partial charge in [-0.1, -0.05) is 0 Å². The number of rotatable bonds is 4. The largest absolute Gasteiger partial charge is 0.366 e. The summed E-state index contributed by atoms with van der Waals surface area (Å²) in [4.78, 5) is 34.5. The van der Waals surface area contributed by atoms with Crippen molar-refractivity contribution in [2.75, 3.05) is 49.1 Å². The summed E-state index contributed by atoms with van der Waals surface area (Å²) in [6, 6.07) is 8.76. The minimum absolute atomic E-state index is 0.00967. The SMILES string of the molecule is O=C(c1ccc(N2CCCC2)c([N+](=O)[O-])c1)N1CCN(c2ccc(Br)cn2)CC1. The van der Waals surface area contributed by atoms with Crippen LogP contribution in [0.1, 0.15) is 23.2 Å². The van der Waals surface area contributed by atoms with Gasteiger partial charge in [0, 0.05) is 61.6 Å². The maximum Gasteiger partial charge on any atom is 0.293 e. The van der Waals surface area contributed by atoms with Gasteiger partial charge in [-0.15, -0.1) is 0 Å². The van der Waals surface area contributed by atoms with Crippen LogP contribution in [-0.2, 0) is 0 Å². The molecule has 0 saturated carbocycles. The smallest absolute Gasteiger partial charge is 0.293 e. The van der Waals surface area contributed by atoms with E-state index in [4.69, 9.17) is 0 Å². The van der Waals surface area contributed by atoms with Crippen LogP contribution in [-0.4, -0.2) is 60.0 Å². The summed E-state index contributed by atoms with van der Waals surface area (Å²) in [5, 5.41) is 11.6. The summed E-state index contributed by atoms with van der Waals surface area (Å²) in [6.45, 7) is 4.10. The molecular weight excluding hydrogens is 438 g/mol. The van der Waals surface area contributed by atoms with Crippen LogP contribution in [0.25, 0.3) is 0 Å². The maximum absolute atomic E-state index is 12.9. The Morgan fingerprint density at radius 3 is 2.34 bits per heavy atom. The van der Waals surface area contributed by atoms with Crippen LogP contribution in [0.2, 0.25) is 0 Å². The third-order valence-corrected chi connectivity index (χ3v) is 5.94. The first-order valence-corrected chi connectivity index (χ1v) is 10.5. The molecule has 0 N–H and O–H groups in total. The van der Waals surface area contributed by atoms with Crippen LogP contribution in [0.15, 0.2) is 41.0 Å². The van der Waals surface area contributed by atoms with Gasteiger partial charge >= 0.3 is 0 Å². The van der Waals surface area contributed by atoms with Crippen LogP contribution >= 0.6 is 15.9 Å². The van der Waals surface area contributed by atoms with E-state index in [0.717, 1.165) is 36.2 Å². The molecule has 1 aromatic heterocycles. The molecule has 2 fully saturated rings. The highest BCUT2D eigenvalue weighted by molar-refractivity contribution is 9.10. The van der Waals surface area contributed by atoms with Crippen LogP contribution in [0.3, 0.4) is 0 Å². The van der Waals surface area contributed by atoms with Crippen molar-refractivity contribution in [1.82, 2.24) is 9.88 Å². The fraction of sp³-hybridized carbons (Fsp3) is 0.400. The summed E-state index contributed by atoms with van der Waals surface area (Å²) < 4.78 is 0.925. The molecule has 152 valence electrons. The molecule has 0 aliphatic carbocycles. The monoisotopic (exact) mass is 459 g/mol. The van der Waals surface area contributed by atoms with E-state index >= 15 is 0 Å². The highest BCUT2D eigenvalue weighted by atomic mass is 79.9. The first kappa shape index (κ1) is 19.6. The number of carbonyl (C=O) groups is 1. The van der Waals surface area contributed by atoms with Gasteiger partial charge < -0.3 is 14.7 Å². The molecule has 4 rings (SSSR count). The number of hydrogen-bond donors (Lipinski definition) is 0. The van der Waals surface area contributed by atoms with E-state index in [0.29, 0.717) is 37.4 Å². The average molecular weight is 460 g/mol. The second-order valence-electron chi connectivity index (χ2n) is 7.27. The Labute approximate surface area is 177 Å². The van der Waals surface area contributed by atoms with Gasteiger partial charge in [0.05, 0.1) is 4.92 Å². The second kappa shape index (κ2) is 8.36. The third kappa shape index (κ3) is 4.19. The molecule has 0 spiro atoms. The Kier molecular flexibility index (Phi) is 5.66. The molecule has 0 radical (unpaired) electrons. The van der Waals surface area contributed by atoms with Gasteiger partial charge in [0.2, 0.25) is 0 Å². The van der Waals surface area contributed by atoms with Crippen LogP contribution in [0, 0.1) is 10.1 Å². The minimum Gasteiger partial charge on any atom is -0.366 e. The number of benzene rings is 1. The van der Waals surface area contributed by atoms with E-state index in [2.05, 4.69) is 25.8 Å². The Hall–Kier alpha value is -2.68. The predicted octanol–water partition coefficient (Wildman–Crippen LogP) is 3.31. The first-order valence-electron chi connectivity index (χ1n) is 9.72. The maximum atomic E-state index is 12.9. The van der Waals surface area contributed by atoms with E-state index in [1.807, 2.05) is 17.0 Å². The van der Waals surface area contributed by atoms with Gasteiger partial charge in [-0.05, 0) is 53.0 Å². The Bertz CT molecular complexity index is 907. The van der Waals surface area contributed by atoms with Gasteiger partial charge in [-0.3, -0.25) is 14.9 Å². The lowest BCUT2D eigenvalue weighted by Gasteiger charge is -2.35. The highest BCUT2D eigenvalue weighted by Crippen LogP contribution is 2.32. The number of aromatic nitrogens is 1. The number of amides is 1. The lowest BCUT2D eigenvalue weighted by Crippen LogP contribution is -2.49. The normalized spacial score (nSPS) is 16.9. The fourth-order valence-electron chi connectivity index (χ4n) is 3.90. The standard InChI is InChI=1S/C20H22BrN5O3/c21-16-4-6-19(22-14-16)24-9-11-25(12-10-24)20(27)15-3-5-17(18(13-15)26(28)29)23-7-1-2-8-23/h3-6,13-14H,1-2,7-12H2. The van der Waals surface area contributed by atoms with Crippen molar-refractivity contribution in [3.8, 4) is 0 Å². The zero-order valence-corrected chi connectivity index (χ0v) is 17.5. The lowest BCUT2D eigenvalue weighted by molar-refractivity contribution is -0.384. The average Bonchev–Trinajstić information content (AvgIpc) is 3.28. The second-order valence-corrected chi connectivity index (χ2v) is 8.18. The van der Waals surface area contributed by atoms with Crippen LogP contribution in [0.4, 0.5) is 17.2 Å². The van der Waals surface area contributed by atoms with Crippen molar-refractivity contribution in [2.45, 2.75) is 12.8 Å². The van der Waals surface area contributed by atoms with Gasteiger partial charge in [0.25, 0.3) is 11.6 Å². The topological polar surface area (TPSA) is 82.8 Å². The summed E-state index contributed by atoms with van der Waals surface area (Å²) in [6.07, 6.45) is 3.83. The summed E-state index contributed by atoms with van der Waals surface area (Å²) in [5.74, 6) is 0.718. The van der Waals surface area contributed by atoms with Crippen molar-refractivity contribution in [3.63, 3.8) is 0 Å². The molecule has 1 aromatic carbocycles. The fourth-order valence-corrected chi connectivity index (χ4v) is 4.14. The zero-order valence-electron chi connectivity index (χ0n) is 16.0. The third-order valence-electron chi connectivity index (χ3n) is 5.47. The van der Waals surface area contributed by atoms with Crippen LogP contribution < -0.4 is 9.80 Å². The molecule has 2 aliphatic rings. The number of anilines is 2.